The Labute approximate surface area is 133 Å². The van der Waals surface area contributed by atoms with Crippen molar-refractivity contribution in [2.75, 3.05) is 18.5 Å². The van der Waals surface area contributed by atoms with Crippen molar-refractivity contribution in [3.05, 3.63) is 45.8 Å². The van der Waals surface area contributed by atoms with E-state index in [1.807, 2.05) is 6.92 Å². The first-order valence-corrected chi connectivity index (χ1v) is 7.95. The van der Waals surface area contributed by atoms with Crippen LogP contribution in [0, 0.1) is 6.92 Å². The largest absolute Gasteiger partial charge is 0.377 e. The van der Waals surface area contributed by atoms with E-state index in [4.69, 9.17) is 4.74 Å². The van der Waals surface area contributed by atoms with Crippen molar-refractivity contribution >= 4 is 5.82 Å². The van der Waals surface area contributed by atoms with Crippen LogP contribution < -0.4 is 10.9 Å². The lowest BCUT2D eigenvalue weighted by atomic mass is 10.1. The van der Waals surface area contributed by atoms with Gasteiger partial charge < -0.3 is 10.1 Å². The fourth-order valence-electron chi connectivity index (χ4n) is 3.30. The fourth-order valence-corrected chi connectivity index (χ4v) is 3.30. The SMILES string of the molecule is Cc1cncc(NC2COCC2n2nc3c(cc2=O)CCC3)n1. The number of ether oxygens (including phenoxy) is 1. The van der Waals surface area contributed by atoms with Crippen LogP contribution in [0.15, 0.2) is 23.3 Å². The number of nitrogens with one attached hydrogen (secondary N) is 1. The number of nitrogens with zero attached hydrogens (tertiary/aromatic N) is 4. The third kappa shape index (κ3) is 2.72. The van der Waals surface area contributed by atoms with Gasteiger partial charge in [-0.15, -0.1) is 0 Å². The standard InChI is InChI=1S/C16H19N5O2/c1-10-6-17-7-15(18-10)19-13-8-23-9-14(13)21-16(22)5-11-3-2-4-12(11)20-21/h5-7,13-14H,2-4,8-9H2,1H3,(H,18,19). The Bertz CT molecular complexity index is 788. The lowest BCUT2D eigenvalue weighted by molar-refractivity contribution is 0.182. The average molecular weight is 313 g/mol. The zero-order valence-electron chi connectivity index (χ0n) is 13.0. The van der Waals surface area contributed by atoms with Crippen molar-refractivity contribution in [2.45, 2.75) is 38.3 Å². The number of rotatable bonds is 3. The van der Waals surface area contributed by atoms with Gasteiger partial charge in [-0.05, 0) is 31.7 Å². The molecule has 2 aromatic rings. The molecule has 0 aromatic carbocycles. The molecule has 7 nitrogen and oxygen atoms in total. The van der Waals surface area contributed by atoms with Gasteiger partial charge >= 0.3 is 0 Å². The third-order valence-electron chi connectivity index (χ3n) is 4.44. The first kappa shape index (κ1) is 14.3. The molecule has 1 N–H and O–H groups in total. The monoisotopic (exact) mass is 313 g/mol. The summed E-state index contributed by atoms with van der Waals surface area (Å²) in [4.78, 5) is 21.0. The third-order valence-corrected chi connectivity index (χ3v) is 4.44. The van der Waals surface area contributed by atoms with Crippen LogP contribution >= 0.6 is 0 Å². The number of aromatic nitrogens is 4. The molecule has 0 amide bonds. The second kappa shape index (κ2) is 5.73. The molecule has 2 aliphatic rings. The van der Waals surface area contributed by atoms with Crippen LogP contribution in [0.1, 0.15) is 29.4 Å². The maximum Gasteiger partial charge on any atom is 0.267 e. The van der Waals surface area contributed by atoms with E-state index in [0.29, 0.717) is 19.0 Å². The van der Waals surface area contributed by atoms with Crippen LogP contribution in [0.2, 0.25) is 0 Å². The first-order valence-electron chi connectivity index (χ1n) is 7.95. The molecule has 1 fully saturated rings. The van der Waals surface area contributed by atoms with Gasteiger partial charge in [0, 0.05) is 12.3 Å². The highest BCUT2D eigenvalue weighted by molar-refractivity contribution is 5.34. The molecule has 7 heteroatoms. The molecule has 1 aliphatic heterocycles. The molecular formula is C16H19N5O2. The zero-order valence-corrected chi connectivity index (χ0v) is 13.0. The topological polar surface area (TPSA) is 81.9 Å². The molecule has 3 heterocycles. The normalized spacial score (nSPS) is 23.0. The second-order valence-electron chi connectivity index (χ2n) is 6.15. The summed E-state index contributed by atoms with van der Waals surface area (Å²) in [7, 11) is 0. The van der Waals surface area contributed by atoms with Crippen LogP contribution in [-0.2, 0) is 17.6 Å². The quantitative estimate of drug-likeness (QED) is 0.906. The molecule has 0 radical (unpaired) electrons. The number of anilines is 1. The van der Waals surface area contributed by atoms with Crippen LogP contribution in [-0.4, -0.2) is 39.0 Å². The maximum atomic E-state index is 12.4. The van der Waals surface area contributed by atoms with Crippen molar-refractivity contribution in [1.82, 2.24) is 19.7 Å². The first-order chi connectivity index (χ1) is 11.2. The van der Waals surface area contributed by atoms with Gasteiger partial charge in [0.25, 0.3) is 5.56 Å². The van der Waals surface area contributed by atoms with E-state index in [1.165, 1.54) is 0 Å². The van der Waals surface area contributed by atoms with E-state index in [9.17, 15) is 4.79 Å². The Balaban J connectivity index is 1.62. The number of hydrogen-bond donors (Lipinski definition) is 1. The molecular weight excluding hydrogens is 294 g/mol. The molecule has 23 heavy (non-hydrogen) atoms. The van der Waals surface area contributed by atoms with Gasteiger partial charge in [0.15, 0.2) is 0 Å². The molecule has 1 saturated heterocycles. The van der Waals surface area contributed by atoms with Gasteiger partial charge in [-0.3, -0.25) is 9.78 Å². The summed E-state index contributed by atoms with van der Waals surface area (Å²) < 4.78 is 7.17. The molecule has 2 atom stereocenters. The molecule has 120 valence electrons. The Hall–Kier alpha value is -2.28. The second-order valence-corrected chi connectivity index (χ2v) is 6.15. The lowest BCUT2D eigenvalue weighted by Crippen LogP contribution is -2.38. The fraction of sp³-hybridized carbons (Fsp3) is 0.500. The summed E-state index contributed by atoms with van der Waals surface area (Å²) in [5.74, 6) is 0.694. The van der Waals surface area contributed by atoms with Crippen molar-refractivity contribution in [3.63, 3.8) is 0 Å². The summed E-state index contributed by atoms with van der Waals surface area (Å²) in [5.41, 5.74) is 2.94. The maximum absolute atomic E-state index is 12.4. The minimum Gasteiger partial charge on any atom is -0.377 e. The summed E-state index contributed by atoms with van der Waals surface area (Å²) in [5, 5.41) is 7.92. The van der Waals surface area contributed by atoms with Crippen molar-refractivity contribution in [1.29, 1.82) is 0 Å². The van der Waals surface area contributed by atoms with Crippen LogP contribution in [0.5, 0.6) is 0 Å². The van der Waals surface area contributed by atoms with E-state index in [1.54, 1.807) is 23.1 Å². The van der Waals surface area contributed by atoms with Gasteiger partial charge in [0.1, 0.15) is 11.9 Å². The van der Waals surface area contributed by atoms with Crippen LogP contribution in [0.25, 0.3) is 0 Å². The summed E-state index contributed by atoms with van der Waals surface area (Å²) >= 11 is 0. The molecule has 0 spiro atoms. The summed E-state index contributed by atoms with van der Waals surface area (Å²) in [6, 6.07) is 1.56. The van der Waals surface area contributed by atoms with E-state index in [2.05, 4.69) is 20.4 Å². The Morgan fingerprint density at radius 3 is 3.09 bits per heavy atom. The Morgan fingerprint density at radius 1 is 1.30 bits per heavy atom. The van der Waals surface area contributed by atoms with E-state index >= 15 is 0 Å². The lowest BCUT2D eigenvalue weighted by Gasteiger charge is -2.21. The summed E-state index contributed by atoms with van der Waals surface area (Å²) in [6.07, 6.45) is 6.37. The minimum atomic E-state index is -0.129. The molecule has 1 aliphatic carbocycles. The van der Waals surface area contributed by atoms with E-state index in [0.717, 1.165) is 36.2 Å². The average Bonchev–Trinajstić information content (AvgIpc) is 3.15. The van der Waals surface area contributed by atoms with Crippen LogP contribution in [0.4, 0.5) is 5.82 Å². The minimum absolute atomic E-state index is 0.0456. The molecule has 0 bridgehead atoms. The number of aryl methyl sites for hydroxylation is 3. The van der Waals surface area contributed by atoms with Crippen molar-refractivity contribution in [3.8, 4) is 0 Å². The van der Waals surface area contributed by atoms with Gasteiger partial charge in [-0.1, -0.05) is 0 Å². The Morgan fingerprint density at radius 2 is 2.22 bits per heavy atom. The van der Waals surface area contributed by atoms with Crippen molar-refractivity contribution in [2.24, 2.45) is 0 Å². The molecule has 2 unspecified atom stereocenters. The highest BCUT2D eigenvalue weighted by Crippen LogP contribution is 2.23. The zero-order chi connectivity index (χ0) is 15.8. The highest BCUT2D eigenvalue weighted by atomic mass is 16.5. The van der Waals surface area contributed by atoms with Gasteiger partial charge in [0.05, 0.1) is 36.8 Å². The van der Waals surface area contributed by atoms with Gasteiger partial charge in [0.2, 0.25) is 0 Å². The summed E-state index contributed by atoms with van der Waals surface area (Å²) in [6.45, 7) is 2.89. The smallest absolute Gasteiger partial charge is 0.267 e. The predicted molar refractivity (Wildman–Crippen MR) is 84.6 cm³/mol. The Kier molecular flexibility index (Phi) is 3.57. The van der Waals surface area contributed by atoms with Crippen LogP contribution in [0.3, 0.4) is 0 Å². The van der Waals surface area contributed by atoms with E-state index < -0.39 is 0 Å². The molecule has 4 rings (SSSR count). The highest BCUT2D eigenvalue weighted by Gasteiger charge is 2.32. The number of hydrogen-bond acceptors (Lipinski definition) is 6. The molecule has 0 saturated carbocycles. The van der Waals surface area contributed by atoms with Crippen molar-refractivity contribution < 1.29 is 4.74 Å². The predicted octanol–water partition coefficient (Wildman–Crippen LogP) is 0.882. The molecule has 2 aromatic heterocycles. The number of fused-ring (bicyclic) bond motifs is 1. The van der Waals surface area contributed by atoms with E-state index in [-0.39, 0.29) is 17.6 Å². The van der Waals surface area contributed by atoms with Gasteiger partial charge in [-0.25, -0.2) is 9.67 Å². The van der Waals surface area contributed by atoms with Gasteiger partial charge in [-0.2, -0.15) is 5.10 Å².